The highest BCUT2D eigenvalue weighted by molar-refractivity contribution is 5.95. The van der Waals surface area contributed by atoms with Crippen LogP contribution in [0.2, 0.25) is 0 Å². The van der Waals surface area contributed by atoms with Crippen LogP contribution in [0.15, 0.2) is 48.5 Å². The number of hydrazine groups is 1. The summed E-state index contributed by atoms with van der Waals surface area (Å²) in [6.07, 6.45) is 12.7. The maximum atomic E-state index is 13.3. The number of fused-ring (bicyclic) bond motifs is 5. The lowest BCUT2D eigenvalue weighted by Crippen LogP contribution is -2.62. The molecular formula is C35H50N6O3. The van der Waals surface area contributed by atoms with E-state index in [-0.39, 0.29) is 35.8 Å². The second-order valence-electron chi connectivity index (χ2n) is 13.6. The molecule has 0 radical (unpaired) electrons. The molecule has 1 spiro atoms. The number of rotatable bonds is 5. The second kappa shape index (κ2) is 13.8. The molecule has 5 atom stereocenters. The lowest BCUT2D eigenvalue weighted by atomic mass is 9.63. The van der Waals surface area contributed by atoms with Crippen LogP contribution in [-0.2, 0) is 16.1 Å². The molecule has 44 heavy (non-hydrogen) atoms. The van der Waals surface area contributed by atoms with E-state index in [1.165, 1.54) is 57.8 Å². The first-order valence-corrected chi connectivity index (χ1v) is 17.1. The Morgan fingerprint density at radius 3 is 2.66 bits per heavy atom. The first-order chi connectivity index (χ1) is 21.7. The molecular weight excluding hydrogens is 552 g/mol. The number of hydrogen-bond acceptors (Lipinski definition) is 8. The first-order valence-electron chi connectivity index (χ1n) is 17.1. The lowest BCUT2D eigenvalue weighted by molar-refractivity contribution is -0.0746. The van der Waals surface area contributed by atoms with Gasteiger partial charge in [-0.3, -0.25) is 9.69 Å². The molecule has 3 saturated heterocycles. The summed E-state index contributed by atoms with van der Waals surface area (Å²) in [5.41, 5.74) is 11.5. The van der Waals surface area contributed by atoms with Gasteiger partial charge in [-0.1, -0.05) is 75.3 Å². The van der Waals surface area contributed by atoms with Gasteiger partial charge in [0, 0.05) is 43.3 Å². The molecule has 7 rings (SSSR count). The van der Waals surface area contributed by atoms with Gasteiger partial charge >= 0.3 is 0 Å². The Labute approximate surface area is 262 Å². The van der Waals surface area contributed by atoms with E-state index in [9.17, 15) is 4.79 Å². The number of ether oxygens (including phenoxy) is 2. The van der Waals surface area contributed by atoms with E-state index in [1.807, 2.05) is 36.4 Å². The van der Waals surface area contributed by atoms with Gasteiger partial charge in [0.2, 0.25) is 0 Å². The molecule has 2 aromatic rings. The number of nitrogens with one attached hydrogen (secondary N) is 5. The minimum atomic E-state index is -0.145. The molecule has 4 fully saturated rings. The molecule has 1 aliphatic carbocycles. The molecule has 2 aromatic carbocycles. The summed E-state index contributed by atoms with van der Waals surface area (Å²) in [6, 6.07) is 15.9. The van der Waals surface area contributed by atoms with E-state index in [0.717, 1.165) is 49.6 Å². The van der Waals surface area contributed by atoms with Crippen molar-refractivity contribution >= 4 is 11.6 Å². The largest absolute Gasteiger partial charge is 0.382 e. The Balaban J connectivity index is 1.01. The fourth-order valence-electron chi connectivity index (χ4n) is 8.61. The van der Waals surface area contributed by atoms with Crippen LogP contribution in [0, 0.1) is 11.3 Å². The van der Waals surface area contributed by atoms with Gasteiger partial charge in [-0.15, -0.1) is 0 Å². The zero-order chi connectivity index (χ0) is 29.8. The van der Waals surface area contributed by atoms with Gasteiger partial charge in [0.25, 0.3) is 5.91 Å². The molecule has 238 valence electrons. The smallest absolute Gasteiger partial charge is 0.251 e. The van der Waals surface area contributed by atoms with Gasteiger partial charge in [-0.2, -0.15) is 0 Å². The molecule has 4 unspecified atom stereocenters. The minimum Gasteiger partial charge on any atom is -0.382 e. The quantitative estimate of drug-likeness (QED) is 0.346. The normalized spacial score (nSPS) is 30.8. The summed E-state index contributed by atoms with van der Waals surface area (Å²) in [7, 11) is 0. The summed E-state index contributed by atoms with van der Waals surface area (Å²) in [4.78, 5) is 15.9. The summed E-state index contributed by atoms with van der Waals surface area (Å²) >= 11 is 0. The molecule has 5 aliphatic rings. The van der Waals surface area contributed by atoms with Crippen LogP contribution in [0.4, 0.5) is 5.69 Å². The topological polar surface area (TPSA) is 98.9 Å². The maximum absolute atomic E-state index is 13.3. The van der Waals surface area contributed by atoms with Crippen LogP contribution in [0.25, 0.3) is 0 Å². The van der Waals surface area contributed by atoms with Crippen LogP contribution in [0.3, 0.4) is 0 Å². The van der Waals surface area contributed by atoms with Gasteiger partial charge < -0.3 is 25.4 Å². The Hall–Kier alpha value is -2.53. The number of nitrogens with zero attached hydrogens (tertiary/aromatic N) is 1. The molecule has 9 heteroatoms. The molecule has 5 N–H and O–H groups in total. The van der Waals surface area contributed by atoms with Crippen molar-refractivity contribution in [3.05, 3.63) is 65.2 Å². The Morgan fingerprint density at radius 2 is 1.80 bits per heavy atom. The highest BCUT2D eigenvalue weighted by atomic mass is 16.5. The SMILES string of the molecule is O=C(N[C@@H]1COCc2ccccc21)c1cccc(NCC2NNC3C4C(CNCC45CCCCCCCCC5)OCCN23)c1. The highest BCUT2D eigenvalue weighted by Crippen LogP contribution is 2.47. The van der Waals surface area contributed by atoms with Gasteiger partial charge in [0.15, 0.2) is 0 Å². The molecule has 9 nitrogen and oxygen atoms in total. The highest BCUT2D eigenvalue weighted by Gasteiger charge is 2.54. The molecule has 1 saturated carbocycles. The van der Waals surface area contributed by atoms with Gasteiger partial charge in [-0.25, -0.2) is 10.9 Å². The number of benzene rings is 2. The van der Waals surface area contributed by atoms with Crippen molar-refractivity contribution in [1.82, 2.24) is 26.4 Å². The number of carbonyl (C=O) groups excluding carboxylic acids is 1. The third kappa shape index (κ3) is 6.41. The predicted octanol–water partition coefficient (Wildman–Crippen LogP) is 4.29. The molecule has 0 bridgehead atoms. The van der Waals surface area contributed by atoms with Crippen LogP contribution in [0.1, 0.15) is 85.3 Å². The number of anilines is 1. The Kier molecular flexibility index (Phi) is 9.49. The fraction of sp³-hybridized carbons (Fsp3) is 0.629. The van der Waals surface area contributed by atoms with E-state index in [0.29, 0.717) is 24.7 Å². The summed E-state index contributed by atoms with van der Waals surface area (Å²) in [5, 5.41) is 10.6. The van der Waals surface area contributed by atoms with E-state index in [2.05, 4.69) is 43.8 Å². The van der Waals surface area contributed by atoms with Gasteiger partial charge in [0.1, 0.15) is 0 Å². The minimum absolute atomic E-state index is 0.0858. The Morgan fingerprint density at radius 1 is 0.977 bits per heavy atom. The fourth-order valence-corrected chi connectivity index (χ4v) is 8.61. The van der Waals surface area contributed by atoms with Crippen molar-refractivity contribution < 1.29 is 14.3 Å². The molecule has 4 aliphatic heterocycles. The Bertz CT molecular complexity index is 1260. The molecule has 1 amide bonds. The predicted molar refractivity (Wildman–Crippen MR) is 172 cm³/mol. The number of carbonyl (C=O) groups is 1. The number of piperidine rings is 1. The van der Waals surface area contributed by atoms with Crippen LogP contribution < -0.4 is 26.8 Å². The maximum Gasteiger partial charge on any atom is 0.251 e. The second-order valence-corrected chi connectivity index (χ2v) is 13.6. The zero-order valence-electron chi connectivity index (χ0n) is 26.0. The zero-order valence-corrected chi connectivity index (χ0v) is 26.0. The van der Waals surface area contributed by atoms with Crippen molar-refractivity contribution in [3.63, 3.8) is 0 Å². The average molecular weight is 603 g/mol. The monoisotopic (exact) mass is 602 g/mol. The van der Waals surface area contributed by atoms with Crippen LogP contribution >= 0.6 is 0 Å². The van der Waals surface area contributed by atoms with Gasteiger partial charge in [0.05, 0.1) is 44.3 Å². The van der Waals surface area contributed by atoms with E-state index >= 15 is 0 Å². The van der Waals surface area contributed by atoms with Crippen molar-refractivity contribution in [2.24, 2.45) is 11.3 Å². The van der Waals surface area contributed by atoms with E-state index < -0.39 is 0 Å². The first kappa shape index (κ1) is 30.1. The van der Waals surface area contributed by atoms with E-state index in [4.69, 9.17) is 9.47 Å². The standard InChI is InChI=1S/C35H50N6O3/c42-34(38-29-23-43-22-26-11-6-7-14-28(26)29)25-12-10-13-27(19-25)37-21-31-39-40-33-32-30(44-18-17-41(31)33)20-36-24-35(32)15-8-4-2-1-3-5-9-16-35/h6-7,10-14,19,29-33,36-37,39-40H,1-5,8-9,15-18,20-24H2,(H,38,42)/t29-,30?,31?,32?,33?/m1/s1. The number of hydrogen-bond donors (Lipinski definition) is 5. The third-order valence-electron chi connectivity index (χ3n) is 10.9. The summed E-state index contributed by atoms with van der Waals surface area (Å²) in [5.74, 6) is 0.362. The lowest BCUT2D eigenvalue weighted by Gasteiger charge is -2.51. The van der Waals surface area contributed by atoms with Crippen LogP contribution in [0.5, 0.6) is 0 Å². The summed E-state index contributed by atoms with van der Waals surface area (Å²) in [6.45, 7) is 5.48. The number of amides is 1. The van der Waals surface area contributed by atoms with E-state index in [1.54, 1.807) is 0 Å². The molecule has 0 aromatic heterocycles. The van der Waals surface area contributed by atoms with Crippen molar-refractivity contribution in [3.8, 4) is 0 Å². The van der Waals surface area contributed by atoms with Crippen LogP contribution in [-0.4, -0.2) is 68.6 Å². The van der Waals surface area contributed by atoms with Crippen molar-refractivity contribution in [1.29, 1.82) is 0 Å². The molecule has 4 heterocycles. The third-order valence-corrected chi connectivity index (χ3v) is 10.9. The average Bonchev–Trinajstić information content (AvgIpc) is 3.35. The van der Waals surface area contributed by atoms with Crippen molar-refractivity contribution in [2.75, 3.05) is 44.7 Å². The van der Waals surface area contributed by atoms with Crippen molar-refractivity contribution in [2.45, 2.75) is 88.9 Å². The summed E-state index contributed by atoms with van der Waals surface area (Å²) < 4.78 is 12.3. The van der Waals surface area contributed by atoms with Gasteiger partial charge in [-0.05, 0) is 47.6 Å².